The number of aromatic nitrogens is 3. The van der Waals surface area contributed by atoms with Crippen molar-refractivity contribution in [1.29, 1.82) is 0 Å². The average Bonchev–Trinajstić information content (AvgIpc) is 3.24. The lowest BCUT2D eigenvalue weighted by Crippen LogP contribution is -2.52. The van der Waals surface area contributed by atoms with Gasteiger partial charge < -0.3 is 29.3 Å². The highest BCUT2D eigenvalue weighted by molar-refractivity contribution is 5.82. The van der Waals surface area contributed by atoms with Gasteiger partial charge in [0.05, 0.1) is 19.1 Å². The van der Waals surface area contributed by atoms with Gasteiger partial charge >= 0.3 is 0 Å². The van der Waals surface area contributed by atoms with Crippen LogP contribution in [0.3, 0.4) is 0 Å². The van der Waals surface area contributed by atoms with E-state index in [0.717, 1.165) is 18.8 Å². The molecule has 1 unspecified atom stereocenters. The van der Waals surface area contributed by atoms with E-state index in [2.05, 4.69) is 20.1 Å². The topological polar surface area (TPSA) is 141 Å². The van der Waals surface area contributed by atoms with E-state index in [9.17, 15) is 9.59 Å². The molecule has 0 radical (unpaired) electrons. The Hall–Kier alpha value is -2.73. The first-order valence-electron chi connectivity index (χ1n) is 10.5. The van der Waals surface area contributed by atoms with E-state index < -0.39 is 0 Å². The van der Waals surface area contributed by atoms with Crippen molar-refractivity contribution < 1.29 is 29.0 Å². The molecule has 4 rings (SSSR count). The van der Waals surface area contributed by atoms with Crippen molar-refractivity contribution in [3.05, 3.63) is 6.33 Å². The predicted octanol–water partition coefficient (Wildman–Crippen LogP) is -0.944. The number of rotatable bonds is 3. The van der Waals surface area contributed by atoms with Crippen molar-refractivity contribution in [3.63, 3.8) is 0 Å². The lowest BCUT2D eigenvalue weighted by molar-refractivity contribution is -0.141. The molecule has 0 aliphatic carbocycles. The maximum absolute atomic E-state index is 13.1. The van der Waals surface area contributed by atoms with Gasteiger partial charge in [0.1, 0.15) is 6.33 Å². The molecule has 0 spiro atoms. The van der Waals surface area contributed by atoms with Crippen molar-refractivity contribution in [2.24, 2.45) is 11.8 Å². The first kappa shape index (κ1) is 22.9. The van der Waals surface area contributed by atoms with Gasteiger partial charge in [-0.05, 0) is 12.8 Å². The Kier molecular flexibility index (Phi) is 8.59. The molecule has 1 aromatic heterocycles. The van der Waals surface area contributed by atoms with Crippen LogP contribution in [0.5, 0.6) is 0 Å². The zero-order valence-electron chi connectivity index (χ0n) is 17.5. The Balaban J connectivity index is 0.000000858. The molecule has 0 saturated carbocycles. The number of ether oxygens (including phenoxy) is 2. The summed E-state index contributed by atoms with van der Waals surface area (Å²) in [7, 11) is 0. The molecular formula is C19H30N6O6. The van der Waals surface area contributed by atoms with Crippen LogP contribution in [0.2, 0.25) is 0 Å². The second-order valence-corrected chi connectivity index (χ2v) is 7.67. The largest absolute Gasteiger partial charge is 0.483 e. The van der Waals surface area contributed by atoms with Gasteiger partial charge in [0.2, 0.25) is 17.8 Å². The monoisotopic (exact) mass is 438 g/mol. The Bertz CT molecular complexity index is 703. The second kappa shape index (κ2) is 11.6. The van der Waals surface area contributed by atoms with Crippen molar-refractivity contribution >= 4 is 24.2 Å². The molecule has 12 heteroatoms. The highest BCUT2D eigenvalue weighted by Crippen LogP contribution is 2.21. The van der Waals surface area contributed by atoms with Crippen LogP contribution in [0, 0.1) is 11.8 Å². The lowest BCUT2D eigenvalue weighted by Gasteiger charge is -2.36. The number of amides is 2. The Morgan fingerprint density at radius 2 is 1.68 bits per heavy atom. The zero-order chi connectivity index (χ0) is 22.1. The Morgan fingerprint density at radius 1 is 1.00 bits per heavy atom. The molecule has 1 atom stereocenters. The van der Waals surface area contributed by atoms with Crippen LogP contribution in [0.4, 0.5) is 5.95 Å². The summed E-state index contributed by atoms with van der Waals surface area (Å²) in [6.07, 6.45) is 3.01. The van der Waals surface area contributed by atoms with Crippen molar-refractivity contribution in [2.45, 2.75) is 12.8 Å². The molecule has 172 valence electrons. The minimum Gasteiger partial charge on any atom is -0.483 e. The maximum Gasteiger partial charge on any atom is 0.290 e. The molecule has 0 aromatic carbocycles. The molecule has 12 nitrogen and oxygen atoms in total. The minimum absolute atomic E-state index is 0.00746. The molecule has 2 amide bonds. The SMILES string of the molecule is O=C(C1COCCN(C(=O)C2CCOCC2)C1)N1CCN(c2ncn[nH]2)CC1.O=CO. The summed E-state index contributed by atoms with van der Waals surface area (Å²) < 4.78 is 11.0. The molecule has 3 saturated heterocycles. The molecule has 3 aliphatic heterocycles. The van der Waals surface area contributed by atoms with Gasteiger partial charge in [0, 0.05) is 58.4 Å². The van der Waals surface area contributed by atoms with E-state index in [1.54, 1.807) is 0 Å². The van der Waals surface area contributed by atoms with E-state index >= 15 is 0 Å². The smallest absolute Gasteiger partial charge is 0.290 e. The van der Waals surface area contributed by atoms with Crippen LogP contribution in [0.15, 0.2) is 6.33 Å². The lowest BCUT2D eigenvalue weighted by atomic mass is 9.98. The van der Waals surface area contributed by atoms with Crippen molar-refractivity contribution in [1.82, 2.24) is 25.0 Å². The van der Waals surface area contributed by atoms with Crippen LogP contribution >= 0.6 is 0 Å². The number of nitrogens with zero attached hydrogens (tertiary/aromatic N) is 5. The highest BCUT2D eigenvalue weighted by atomic mass is 16.5. The first-order valence-corrected chi connectivity index (χ1v) is 10.5. The van der Waals surface area contributed by atoms with E-state index in [-0.39, 0.29) is 30.1 Å². The summed E-state index contributed by atoms with van der Waals surface area (Å²) >= 11 is 0. The number of anilines is 1. The normalized spacial score (nSPS) is 22.8. The standard InChI is InChI=1S/C18H28N6O4.CH2O2/c25-16(14-1-8-27-9-2-14)24-7-10-28-12-15(11-24)17(26)22-3-5-23(6-4-22)18-19-13-20-21-18;2-1-3/h13-15H,1-12H2,(H,19,20,21);1H,(H,2,3). The summed E-state index contributed by atoms with van der Waals surface area (Å²) in [5, 5.41) is 13.6. The third-order valence-corrected chi connectivity index (χ3v) is 5.79. The summed E-state index contributed by atoms with van der Waals surface area (Å²) in [5.74, 6) is 0.653. The third kappa shape index (κ3) is 6.14. The number of carboxylic acid groups (broad SMARTS) is 1. The van der Waals surface area contributed by atoms with Gasteiger partial charge in [0.15, 0.2) is 0 Å². The van der Waals surface area contributed by atoms with E-state index in [1.807, 2.05) is 9.80 Å². The summed E-state index contributed by atoms with van der Waals surface area (Å²) in [6, 6.07) is 0. The van der Waals surface area contributed by atoms with Gasteiger partial charge in [0.25, 0.3) is 6.47 Å². The summed E-state index contributed by atoms with van der Waals surface area (Å²) in [4.78, 5) is 44.3. The third-order valence-electron chi connectivity index (χ3n) is 5.79. The molecule has 1 aromatic rings. The average molecular weight is 438 g/mol. The fraction of sp³-hybridized carbons (Fsp3) is 0.737. The number of nitrogens with one attached hydrogen (secondary N) is 1. The second-order valence-electron chi connectivity index (χ2n) is 7.67. The number of carbonyl (C=O) groups is 3. The number of H-pyrrole nitrogens is 1. The number of carbonyl (C=O) groups excluding carboxylic acids is 2. The summed E-state index contributed by atoms with van der Waals surface area (Å²) in [5.41, 5.74) is 0. The fourth-order valence-corrected chi connectivity index (χ4v) is 4.11. The van der Waals surface area contributed by atoms with Crippen LogP contribution < -0.4 is 4.90 Å². The highest BCUT2D eigenvalue weighted by Gasteiger charge is 2.34. The maximum atomic E-state index is 13.1. The molecule has 3 aliphatic rings. The van der Waals surface area contributed by atoms with Gasteiger partial charge in [-0.1, -0.05) is 0 Å². The van der Waals surface area contributed by atoms with Crippen LogP contribution in [0.25, 0.3) is 0 Å². The summed E-state index contributed by atoms with van der Waals surface area (Å²) in [6.45, 7) is 5.55. The van der Waals surface area contributed by atoms with Gasteiger partial charge in [-0.2, -0.15) is 10.1 Å². The number of hydrogen-bond donors (Lipinski definition) is 2. The minimum atomic E-state index is -0.303. The molecule has 31 heavy (non-hydrogen) atoms. The number of aromatic amines is 1. The van der Waals surface area contributed by atoms with Crippen LogP contribution in [0.1, 0.15) is 12.8 Å². The number of hydrogen-bond acceptors (Lipinski definition) is 8. The zero-order valence-corrected chi connectivity index (χ0v) is 17.5. The van der Waals surface area contributed by atoms with Crippen molar-refractivity contribution in [3.8, 4) is 0 Å². The number of piperazine rings is 1. The van der Waals surface area contributed by atoms with Crippen molar-refractivity contribution in [2.75, 3.05) is 70.6 Å². The molecule has 2 N–H and O–H groups in total. The van der Waals surface area contributed by atoms with Gasteiger partial charge in [-0.15, -0.1) is 0 Å². The Morgan fingerprint density at radius 3 is 2.32 bits per heavy atom. The van der Waals surface area contributed by atoms with Crippen LogP contribution in [-0.2, 0) is 23.9 Å². The molecule has 0 bridgehead atoms. The molecule has 4 heterocycles. The molecule has 3 fully saturated rings. The van der Waals surface area contributed by atoms with E-state index in [0.29, 0.717) is 65.7 Å². The quantitative estimate of drug-likeness (QED) is 0.572. The van der Waals surface area contributed by atoms with Crippen LogP contribution in [-0.4, -0.2) is 114 Å². The fourth-order valence-electron chi connectivity index (χ4n) is 4.11. The van der Waals surface area contributed by atoms with Gasteiger partial charge in [-0.3, -0.25) is 14.4 Å². The van der Waals surface area contributed by atoms with E-state index in [1.165, 1.54) is 6.33 Å². The Labute approximate surface area is 180 Å². The van der Waals surface area contributed by atoms with E-state index in [4.69, 9.17) is 19.4 Å². The molecular weight excluding hydrogens is 408 g/mol. The van der Waals surface area contributed by atoms with Gasteiger partial charge in [-0.25, -0.2) is 5.10 Å². The predicted molar refractivity (Wildman–Crippen MR) is 108 cm³/mol. The first-order chi connectivity index (χ1) is 15.1.